The second kappa shape index (κ2) is 22.5. The molecule has 21 nitrogen and oxygen atoms in total. The Balaban J connectivity index is 1.28. The van der Waals surface area contributed by atoms with E-state index in [0.717, 1.165) is 85.6 Å². The zero-order chi connectivity index (χ0) is 57.8. The van der Waals surface area contributed by atoms with Gasteiger partial charge in [0.1, 0.15) is 25.4 Å². The van der Waals surface area contributed by atoms with Crippen LogP contribution in [0.15, 0.2) is 11.6 Å². The first-order valence-electron chi connectivity index (χ1n) is 27.3. The van der Waals surface area contributed by atoms with Crippen molar-refractivity contribution in [1.82, 2.24) is 0 Å². The van der Waals surface area contributed by atoms with Gasteiger partial charge < -0.3 is 56.8 Å². The number of rotatable bonds is 14. The molecule has 2 saturated heterocycles. The highest BCUT2D eigenvalue weighted by molar-refractivity contribution is 5.96. The van der Waals surface area contributed by atoms with E-state index in [2.05, 4.69) is 41.5 Å². The minimum Gasteiger partial charge on any atom is -0.469 e. The molecule has 0 spiro atoms. The van der Waals surface area contributed by atoms with Gasteiger partial charge in [-0.05, 0) is 110 Å². The Labute approximate surface area is 456 Å². The first-order chi connectivity index (χ1) is 36.2. The highest BCUT2D eigenvalue weighted by Crippen LogP contribution is 2.75. The van der Waals surface area contributed by atoms with Gasteiger partial charge in [0.2, 0.25) is 0 Å². The van der Waals surface area contributed by atoms with Gasteiger partial charge in [0.15, 0.2) is 55.0 Å². The number of hydrogen-bond acceptors (Lipinski definition) is 21. The lowest BCUT2D eigenvalue weighted by molar-refractivity contribution is -0.378. The zero-order valence-electron chi connectivity index (χ0n) is 48.0. The van der Waals surface area contributed by atoms with Gasteiger partial charge in [-0.3, -0.25) is 43.2 Å². The van der Waals surface area contributed by atoms with Crippen LogP contribution in [0.2, 0.25) is 0 Å². The molecule has 7 rings (SSSR count). The maximum Gasteiger partial charge on any atom is 0.311 e. The van der Waals surface area contributed by atoms with Gasteiger partial charge in [0.25, 0.3) is 0 Å². The third-order valence-electron chi connectivity index (χ3n) is 19.4. The fourth-order valence-corrected chi connectivity index (χ4v) is 15.6. The molecule has 2 heterocycles. The predicted molar refractivity (Wildman–Crippen MR) is 270 cm³/mol. The van der Waals surface area contributed by atoms with Crippen LogP contribution in [0.1, 0.15) is 155 Å². The van der Waals surface area contributed by atoms with Crippen molar-refractivity contribution in [3.05, 3.63) is 11.6 Å². The second-order valence-corrected chi connectivity index (χ2v) is 24.9. The molecule has 436 valence electrons. The molecule has 0 radical (unpaired) electrons. The highest BCUT2D eigenvalue weighted by atomic mass is 16.8. The number of ether oxygens (including phenoxy) is 12. The summed E-state index contributed by atoms with van der Waals surface area (Å²) in [5, 5.41) is 0. The number of allylic oxidation sites excluding steroid dienone is 2. The summed E-state index contributed by atoms with van der Waals surface area (Å²) in [6.07, 6.45) is -8.32. The Hall–Kier alpha value is -4.99. The van der Waals surface area contributed by atoms with Gasteiger partial charge in [0.05, 0.1) is 18.6 Å². The first kappa shape index (κ1) is 60.6. The van der Waals surface area contributed by atoms with Crippen LogP contribution in [0.4, 0.5) is 0 Å². The second-order valence-electron chi connectivity index (χ2n) is 24.9. The molecule has 4 saturated carbocycles. The standard InChI is InChI=1S/C57H82O21/c1-28(58)68-26-38-43(71-31(4)61)45(73-33(6)63)47(78-50-46(74-34(7)64)44(72-32(5)62)42(70-30(3)60)39(76-50)27-69-29(2)59)49(75-38)77-41-17-18-55(12)40(52(41,8)9)16-19-57(14)48(55)37(65)24-35-36-25-54(11,51(66)67-15)21-20-53(36,10)22-23-56(35,57)13/h24,36,38-50H,16-23,25-27H2,1-15H3/t36?,38-,39-,40?,41?,42-,43-,44+,45+,46-,47-,48?,49+,50+,53-,54+,55+,56-,57-/m1/s1. The lowest BCUT2D eigenvalue weighted by Crippen LogP contribution is -2.68. The number of methoxy groups -OCH3 is 1. The SMILES string of the molecule is COC(=O)[C@@]1(C)CC[C@]2(C)CC[C@]3(C)C(=CC(=O)C4[C@@]5(C)CCC(O[C@@H]6O[C@H](COC(C)=O)[C@@H](OC(C)=O)[C@H](OC(C)=O)[C@H]6O[C@@H]6O[C@H](COC(C)=O)[C@@H](OC(C)=O)[C@H](OC(C)=O)[C@H]6OC(C)=O)C(C)(C)C5CC[C@]43C)C2C1. The van der Waals surface area contributed by atoms with Crippen molar-refractivity contribution in [2.45, 2.75) is 222 Å². The molecular weight excluding hydrogens is 1020 g/mol. The van der Waals surface area contributed by atoms with E-state index >= 15 is 4.79 Å². The van der Waals surface area contributed by atoms with Crippen molar-refractivity contribution in [2.24, 2.45) is 50.2 Å². The third kappa shape index (κ3) is 11.4. The normalized spacial score (nSPS) is 41.5. The van der Waals surface area contributed by atoms with E-state index in [1.165, 1.54) is 14.0 Å². The van der Waals surface area contributed by atoms with Gasteiger partial charge in [-0.15, -0.1) is 0 Å². The van der Waals surface area contributed by atoms with Crippen molar-refractivity contribution >= 4 is 53.5 Å². The zero-order valence-corrected chi connectivity index (χ0v) is 48.0. The number of hydrogen-bond donors (Lipinski definition) is 0. The largest absolute Gasteiger partial charge is 0.469 e. The lowest BCUT2D eigenvalue weighted by atomic mass is 9.33. The fourth-order valence-electron chi connectivity index (χ4n) is 15.6. The molecule has 0 bridgehead atoms. The number of carbonyl (C=O) groups excluding carboxylic acids is 9. The van der Waals surface area contributed by atoms with Crippen molar-refractivity contribution in [1.29, 1.82) is 0 Å². The lowest BCUT2D eigenvalue weighted by Gasteiger charge is -2.70. The summed E-state index contributed by atoms with van der Waals surface area (Å²) >= 11 is 0. The maximum absolute atomic E-state index is 15.3. The van der Waals surface area contributed by atoms with Crippen LogP contribution in [0.5, 0.6) is 0 Å². The summed E-state index contributed by atoms with van der Waals surface area (Å²) in [6.45, 7) is 22.0. The van der Waals surface area contributed by atoms with Crippen molar-refractivity contribution < 1.29 is 100.0 Å². The quantitative estimate of drug-likeness (QED) is 0.107. The molecule has 0 aromatic rings. The highest BCUT2D eigenvalue weighted by Gasteiger charge is 2.71. The van der Waals surface area contributed by atoms with Gasteiger partial charge in [-0.25, -0.2) is 0 Å². The van der Waals surface area contributed by atoms with Gasteiger partial charge >= 0.3 is 47.8 Å². The van der Waals surface area contributed by atoms with Gasteiger partial charge in [0, 0.05) is 54.4 Å². The summed E-state index contributed by atoms with van der Waals surface area (Å²) in [5.41, 5.74) is -1.63. The molecule has 0 amide bonds. The summed E-state index contributed by atoms with van der Waals surface area (Å²) in [4.78, 5) is 118. The summed E-state index contributed by atoms with van der Waals surface area (Å²) in [6, 6.07) is 0. The molecular formula is C57H82O21. The summed E-state index contributed by atoms with van der Waals surface area (Å²) in [5.74, 6) is -6.43. The van der Waals surface area contributed by atoms with E-state index in [-0.39, 0.29) is 40.3 Å². The molecule has 4 unspecified atom stereocenters. The van der Waals surface area contributed by atoms with Crippen LogP contribution in [-0.2, 0) is 100.0 Å². The van der Waals surface area contributed by atoms with Crippen molar-refractivity contribution in [2.75, 3.05) is 20.3 Å². The smallest absolute Gasteiger partial charge is 0.311 e. The Bertz CT molecular complexity index is 2420. The van der Waals surface area contributed by atoms with Crippen LogP contribution < -0.4 is 0 Å². The fraction of sp³-hybridized carbons (Fsp3) is 0.807. The molecule has 21 heteroatoms. The Kier molecular flexibility index (Phi) is 17.5. The summed E-state index contributed by atoms with van der Waals surface area (Å²) < 4.78 is 71.7. The molecule has 2 aliphatic heterocycles. The Morgan fingerprint density at radius 3 is 1.53 bits per heavy atom. The van der Waals surface area contributed by atoms with E-state index in [0.29, 0.717) is 19.3 Å². The monoisotopic (exact) mass is 1100 g/mol. The number of esters is 8. The van der Waals surface area contributed by atoms with Crippen LogP contribution >= 0.6 is 0 Å². The van der Waals surface area contributed by atoms with Crippen LogP contribution in [0.3, 0.4) is 0 Å². The molecule has 19 atom stereocenters. The van der Waals surface area contributed by atoms with E-state index < -0.39 is 144 Å². The number of fused-ring (bicyclic) bond motifs is 7. The summed E-state index contributed by atoms with van der Waals surface area (Å²) in [7, 11) is 1.44. The molecule has 5 aliphatic carbocycles. The minimum atomic E-state index is -1.85. The average Bonchev–Trinajstić information content (AvgIpc) is 3.25. The molecule has 78 heavy (non-hydrogen) atoms. The Morgan fingerprint density at radius 1 is 0.551 bits per heavy atom. The van der Waals surface area contributed by atoms with Crippen LogP contribution in [-0.4, -0.2) is 141 Å². The van der Waals surface area contributed by atoms with Crippen LogP contribution in [0.25, 0.3) is 0 Å². The number of ketones is 1. The van der Waals surface area contributed by atoms with Crippen LogP contribution in [0, 0.1) is 50.2 Å². The van der Waals surface area contributed by atoms with E-state index in [1.807, 2.05) is 13.0 Å². The number of carbonyl (C=O) groups is 9. The third-order valence-corrected chi connectivity index (χ3v) is 19.4. The average molecular weight is 1100 g/mol. The van der Waals surface area contributed by atoms with E-state index in [1.54, 1.807) is 0 Å². The van der Waals surface area contributed by atoms with Crippen molar-refractivity contribution in [3.8, 4) is 0 Å². The molecule has 0 N–H and O–H groups in total. The maximum atomic E-state index is 15.3. The molecule has 0 aromatic heterocycles. The van der Waals surface area contributed by atoms with Gasteiger partial charge in [-0.2, -0.15) is 0 Å². The van der Waals surface area contributed by atoms with Gasteiger partial charge in [-0.1, -0.05) is 47.1 Å². The predicted octanol–water partition coefficient (Wildman–Crippen LogP) is 6.15. The molecule has 7 aliphatic rings. The molecule has 0 aromatic carbocycles. The van der Waals surface area contributed by atoms with E-state index in [9.17, 15) is 38.4 Å². The Morgan fingerprint density at radius 2 is 1.03 bits per heavy atom. The first-order valence-corrected chi connectivity index (χ1v) is 27.3. The van der Waals surface area contributed by atoms with E-state index in [4.69, 9.17) is 56.8 Å². The van der Waals surface area contributed by atoms with Crippen molar-refractivity contribution in [3.63, 3.8) is 0 Å². The minimum absolute atomic E-state index is 0.0273. The topological polar surface area (TPSA) is 264 Å². The molecule has 6 fully saturated rings.